The van der Waals surface area contributed by atoms with Gasteiger partial charge in [-0.05, 0) is 48.4 Å². The molecule has 1 aliphatic rings. The molecule has 1 aliphatic carbocycles. The molecule has 4 rings (SSSR count). The lowest BCUT2D eigenvalue weighted by Gasteiger charge is -2.33. The minimum Gasteiger partial charge on any atom is -0.352 e. The largest absolute Gasteiger partial charge is 0.352 e. The summed E-state index contributed by atoms with van der Waals surface area (Å²) in [5, 5.41) is 4.62. The molecule has 0 unspecified atom stereocenters. The fourth-order valence-corrected chi connectivity index (χ4v) is 5.96. The average Bonchev–Trinajstić information content (AvgIpc) is 3.40. The summed E-state index contributed by atoms with van der Waals surface area (Å²) in [6.07, 6.45) is 5.31. The van der Waals surface area contributed by atoms with E-state index in [2.05, 4.69) is 5.32 Å². The van der Waals surface area contributed by atoms with Crippen LogP contribution in [-0.2, 0) is 26.2 Å². The van der Waals surface area contributed by atoms with Gasteiger partial charge in [0.25, 0.3) is 0 Å². The number of fused-ring (bicyclic) bond motifs is 1. The van der Waals surface area contributed by atoms with Gasteiger partial charge in [0, 0.05) is 18.0 Å². The molecule has 0 aliphatic heterocycles. The van der Waals surface area contributed by atoms with Crippen LogP contribution < -0.4 is 9.62 Å². The number of hydrogen-bond acceptors (Lipinski definition) is 4. The summed E-state index contributed by atoms with van der Waals surface area (Å²) in [5.41, 5.74) is 1.03. The Morgan fingerprint density at radius 3 is 2.32 bits per heavy atom. The zero-order valence-corrected chi connectivity index (χ0v) is 22.6. The van der Waals surface area contributed by atoms with E-state index in [9.17, 15) is 22.4 Å². The number of amides is 2. The molecule has 38 heavy (non-hydrogen) atoms. The monoisotopic (exact) mass is 539 g/mol. The Balaban J connectivity index is 1.68. The third kappa shape index (κ3) is 6.51. The van der Waals surface area contributed by atoms with Crippen LogP contribution in [0.3, 0.4) is 0 Å². The molecule has 1 atom stereocenters. The van der Waals surface area contributed by atoms with E-state index in [1.807, 2.05) is 37.3 Å². The van der Waals surface area contributed by atoms with Crippen molar-refractivity contribution in [2.45, 2.75) is 57.7 Å². The maximum Gasteiger partial charge on any atom is 0.244 e. The quantitative estimate of drug-likeness (QED) is 0.408. The number of carbonyl (C=O) groups excluding carboxylic acids is 2. The van der Waals surface area contributed by atoms with Gasteiger partial charge in [-0.1, -0.05) is 68.3 Å². The normalized spacial score (nSPS) is 14.8. The van der Waals surface area contributed by atoms with Crippen LogP contribution in [-0.4, -0.2) is 50.0 Å². The summed E-state index contributed by atoms with van der Waals surface area (Å²) in [6.45, 7) is 1.40. The highest BCUT2D eigenvalue weighted by atomic mass is 32.2. The highest BCUT2D eigenvalue weighted by molar-refractivity contribution is 7.92. The zero-order chi connectivity index (χ0) is 27.3. The molecule has 3 aromatic rings. The van der Waals surface area contributed by atoms with Gasteiger partial charge >= 0.3 is 0 Å². The average molecular weight is 540 g/mol. The predicted molar refractivity (Wildman–Crippen MR) is 148 cm³/mol. The molecule has 1 fully saturated rings. The summed E-state index contributed by atoms with van der Waals surface area (Å²) in [5.74, 6) is -1.18. The molecule has 9 heteroatoms. The molecule has 0 radical (unpaired) electrons. The summed E-state index contributed by atoms with van der Waals surface area (Å²) >= 11 is 0. The molecule has 2 amide bonds. The second-order valence-corrected chi connectivity index (χ2v) is 11.7. The smallest absolute Gasteiger partial charge is 0.244 e. The Morgan fingerprint density at radius 2 is 1.66 bits per heavy atom. The molecule has 0 saturated heterocycles. The molecular formula is C29H34FN3O4S. The first kappa shape index (κ1) is 27.6. The number of nitrogens with one attached hydrogen (secondary N) is 1. The highest BCUT2D eigenvalue weighted by Gasteiger charge is 2.33. The van der Waals surface area contributed by atoms with Gasteiger partial charge in [0.1, 0.15) is 18.4 Å². The third-order valence-electron chi connectivity index (χ3n) is 7.07. The number of rotatable bonds is 10. The van der Waals surface area contributed by atoms with Crippen molar-refractivity contribution in [2.75, 3.05) is 17.1 Å². The van der Waals surface area contributed by atoms with Crippen LogP contribution in [0, 0.1) is 5.82 Å². The fourth-order valence-electron chi connectivity index (χ4n) is 5.09. The third-order valence-corrected chi connectivity index (χ3v) is 8.19. The minimum atomic E-state index is -3.85. The van der Waals surface area contributed by atoms with Crippen LogP contribution in [0.15, 0.2) is 66.7 Å². The van der Waals surface area contributed by atoms with Crippen LogP contribution in [0.25, 0.3) is 10.8 Å². The highest BCUT2D eigenvalue weighted by Crippen LogP contribution is 2.29. The molecule has 1 N–H and O–H groups in total. The lowest BCUT2D eigenvalue weighted by atomic mass is 10.1. The van der Waals surface area contributed by atoms with Crippen LogP contribution >= 0.6 is 0 Å². The molecule has 0 aromatic heterocycles. The van der Waals surface area contributed by atoms with Crippen molar-refractivity contribution in [2.24, 2.45) is 0 Å². The maximum atomic E-state index is 13.9. The van der Waals surface area contributed by atoms with E-state index in [4.69, 9.17) is 0 Å². The molecule has 202 valence electrons. The van der Waals surface area contributed by atoms with Gasteiger partial charge in [-0.3, -0.25) is 13.9 Å². The Morgan fingerprint density at radius 1 is 1.00 bits per heavy atom. The van der Waals surface area contributed by atoms with Gasteiger partial charge in [0.05, 0.1) is 11.9 Å². The van der Waals surface area contributed by atoms with E-state index < -0.39 is 34.3 Å². The van der Waals surface area contributed by atoms with E-state index in [0.29, 0.717) is 23.1 Å². The van der Waals surface area contributed by atoms with Crippen molar-refractivity contribution in [1.29, 1.82) is 0 Å². The lowest BCUT2D eigenvalue weighted by Crippen LogP contribution is -2.53. The molecule has 0 spiro atoms. The van der Waals surface area contributed by atoms with E-state index in [-0.39, 0.29) is 18.5 Å². The molecule has 3 aromatic carbocycles. The summed E-state index contributed by atoms with van der Waals surface area (Å²) in [7, 11) is -3.85. The van der Waals surface area contributed by atoms with Crippen LogP contribution in [0.1, 0.15) is 44.6 Å². The van der Waals surface area contributed by atoms with E-state index in [1.54, 1.807) is 24.3 Å². The Kier molecular flexibility index (Phi) is 8.66. The fraction of sp³-hybridized carbons (Fsp3) is 0.379. The summed E-state index contributed by atoms with van der Waals surface area (Å²) in [4.78, 5) is 28.7. The molecule has 0 bridgehead atoms. The number of benzene rings is 3. The van der Waals surface area contributed by atoms with Crippen LogP contribution in [0.2, 0.25) is 0 Å². The first-order valence-electron chi connectivity index (χ1n) is 13.0. The number of anilines is 1. The van der Waals surface area contributed by atoms with Crippen LogP contribution in [0.5, 0.6) is 0 Å². The van der Waals surface area contributed by atoms with Crippen molar-refractivity contribution in [1.82, 2.24) is 10.2 Å². The topological polar surface area (TPSA) is 86.8 Å². The Labute approximate surface area is 223 Å². The van der Waals surface area contributed by atoms with Gasteiger partial charge in [-0.15, -0.1) is 0 Å². The Bertz CT molecular complexity index is 1380. The maximum absolute atomic E-state index is 13.9. The predicted octanol–water partition coefficient (Wildman–Crippen LogP) is 4.61. The van der Waals surface area contributed by atoms with Crippen LogP contribution in [0.4, 0.5) is 10.1 Å². The first-order chi connectivity index (χ1) is 18.2. The van der Waals surface area contributed by atoms with Crippen molar-refractivity contribution >= 4 is 38.3 Å². The van der Waals surface area contributed by atoms with Gasteiger partial charge in [0.15, 0.2) is 0 Å². The van der Waals surface area contributed by atoms with Gasteiger partial charge in [0.2, 0.25) is 21.8 Å². The van der Waals surface area contributed by atoms with Gasteiger partial charge in [-0.2, -0.15) is 0 Å². The number of carbonyl (C=O) groups is 2. The number of sulfonamides is 1. The second-order valence-electron chi connectivity index (χ2n) is 9.83. The van der Waals surface area contributed by atoms with E-state index in [0.717, 1.165) is 41.6 Å². The zero-order valence-electron chi connectivity index (χ0n) is 21.8. The van der Waals surface area contributed by atoms with Crippen molar-refractivity contribution in [3.8, 4) is 0 Å². The Hall–Kier alpha value is -3.46. The molecule has 7 nitrogen and oxygen atoms in total. The number of nitrogens with zero attached hydrogens (tertiary/aromatic N) is 2. The molecule has 0 heterocycles. The second kappa shape index (κ2) is 11.9. The van der Waals surface area contributed by atoms with E-state index >= 15 is 0 Å². The number of halogens is 1. The first-order valence-corrected chi connectivity index (χ1v) is 14.8. The summed E-state index contributed by atoms with van der Waals surface area (Å²) in [6, 6.07) is 17.7. The van der Waals surface area contributed by atoms with Gasteiger partial charge < -0.3 is 10.2 Å². The van der Waals surface area contributed by atoms with Crippen molar-refractivity contribution in [3.63, 3.8) is 0 Å². The molecule has 1 saturated carbocycles. The SMILES string of the molecule is CC[C@H](C(=O)NC1CCCC1)N(Cc1ccc(F)cc1)C(=O)CN(c1cccc2ccccc12)S(C)(=O)=O. The summed E-state index contributed by atoms with van der Waals surface area (Å²) < 4.78 is 40.6. The standard InChI is InChI=1S/C29H34FN3O4S/c1-3-26(29(35)31-24-11-5-6-12-24)32(19-21-15-17-23(30)18-16-21)28(34)20-33(38(2,36)37)27-14-8-10-22-9-4-7-13-25(22)27/h4,7-10,13-18,24,26H,3,5-6,11-12,19-20H2,1-2H3,(H,31,35)/t26-/m1/s1. The van der Waals surface area contributed by atoms with Crippen molar-refractivity contribution < 1.29 is 22.4 Å². The van der Waals surface area contributed by atoms with Crippen molar-refractivity contribution in [3.05, 3.63) is 78.1 Å². The minimum absolute atomic E-state index is 0.0445. The molecular weight excluding hydrogens is 505 g/mol. The number of hydrogen-bond donors (Lipinski definition) is 1. The van der Waals surface area contributed by atoms with E-state index in [1.165, 1.54) is 17.0 Å². The lowest BCUT2D eigenvalue weighted by molar-refractivity contribution is -0.140. The van der Waals surface area contributed by atoms with Gasteiger partial charge in [-0.25, -0.2) is 12.8 Å².